The van der Waals surface area contributed by atoms with Crippen molar-refractivity contribution in [2.45, 2.75) is 117 Å². The van der Waals surface area contributed by atoms with Gasteiger partial charge >= 0.3 is 0 Å². The molecule has 12 rings (SSSR count). The van der Waals surface area contributed by atoms with Crippen LogP contribution < -0.4 is 14.5 Å². The zero-order valence-electron chi connectivity index (χ0n) is 44.7. The van der Waals surface area contributed by atoms with Gasteiger partial charge in [-0.05, 0) is 121 Å². The monoisotopic (exact) mass is 1140 g/mol. The van der Waals surface area contributed by atoms with Crippen LogP contribution >= 0.6 is 0 Å². The van der Waals surface area contributed by atoms with Crippen molar-refractivity contribution in [3.8, 4) is 39.6 Å². The first kappa shape index (κ1) is 48.8. The molecule has 5 heterocycles. The van der Waals surface area contributed by atoms with Gasteiger partial charge in [-0.3, -0.25) is 4.98 Å². The Morgan fingerprint density at radius 2 is 1.25 bits per heavy atom. The number of aryl methyl sites for hydroxylation is 1. The summed E-state index contributed by atoms with van der Waals surface area (Å²) < 4.78 is 9.22. The second kappa shape index (κ2) is 16.5. The van der Waals surface area contributed by atoms with Gasteiger partial charge < -0.3 is 19.1 Å². The van der Waals surface area contributed by atoms with Crippen LogP contribution in [0.2, 0.25) is 0 Å². The maximum absolute atomic E-state index is 7.01. The second-order valence-electron chi connectivity index (χ2n) is 24.6. The van der Waals surface area contributed by atoms with Crippen molar-refractivity contribution in [2.75, 3.05) is 16.8 Å². The van der Waals surface area contributed by atoms with Crippen LogP contribution in [-0.4, -0.2) is 21.6 Å². The molecule has 2 aliphatic heterocycles. The van der Waals surface area contributed by atoms with Gasteiger partial charge in [0.1, 0.15) is 5.82 Å². The van der Waals surface area contributed by atoms with Crippen molar-refractivity contribution in [3.05, 3.63) is 197 Å². The molecule has 73 heavy (non-hydrogen) atoms. The van der Waals surface area contributed by atoms with Gasteiger partial charge in [-0.25, -0.2) is 4.98 Å². The minimum absolute atomic E-state index is 0. The molecule has 0 amide bonds. The molecular weight excluding hydrogens is 1070 g/mol. The number of nitrogens with zero attached hydrogens (tertiary/aromatic N) is 5. The topological polar surface area (TPSA) is 46.4 Å². The van der Waals surface area contributed by atoms with Crippen molar-refractivity contribution in [3.63, 3.8) is 0 Å². The molecule has 0 saturated heterocycles. The first-order chi connectivity index (χ1) is 34.0. The summed E-state index contributed by atoms with van der Waals surface area (Å²) in [6.45, 7) is 32.9. The smallest absolute Gasteiger partial charge is 0.135 e. The van der Waals surface area contributed by atoms with Crippen LogP contribution in [0, 0.1) is 25.7 Å². The number of anilines is 3. The Balaban J connectivity index is 0.00000574. The summed E-state index contributed by atoms with van der Waals surface area (Å²) in [7, 11) is 2.16. The normalized spacial score (nSPS) is 14.6. The third-order valence-electron chi connectivity index (χ3n) is 15.6. The molecule has 6 aromatic carbocycles. The quantitative estimate of drug-likeness (QED) is 0.164. The van der Waals surface area contributed by atoms with Gasteiger partial charge in [0.25, 0.3) is 0 Å². The number of hydrogen-bond donors (Lipinski definition) is 0. The molecule has 3 aliphatic rings. The van der Waals surface area contributed by atoms with Crippen LogP contribution in [0.1, 0.15) is 133 Å². The maximum Gasteiger partial charge on any atom is 0.135 e. The van der Waals surface area contributed by atoms with E-state index in [0.717, 1.165) is 50.0 Å². The Morgan fingerprint density at radius 3 is 1.86 bits per heavy atom. The van der Waals surface area contributed by atoms with Gasteiger partial charge in [0, 0.05) is 84.6 Å². The van der Waals surface area contributed by atoms with E-state index in [1.54, 1.807) is 6.20 Å². The fourth-order valence-corrected chi connectivity index (χ4v) is 12.0. The third kappa shape index (κ3) is 7.36. The SMILES string of the molecule is Cc1cc(-n2c3[c-]c(Oc4[c-]c5c(cc4)C4(c6cccc7c6N5[CH-]N7C)c5c(cc(C(C)(C)C)cc5C(C)(C)C)-c5cc(C(C)(C)C)cc(C(C)(C)C)c54)ccc3c3ccccc32)ncc1-c1cccnc1.[Pt]. The Kier molecular flexibility index (Phi) is 11.0. The number of aromatic nitrogens is 3. The molecule has 1 aliphatic carbocycles. The summed E-state index contributed by atoms with van der Waals surface area (Å²) in [5.41, 5.74) is 20.7. The van der Waals surface area contributed by atoms with E-state index in [0.29, 0.717) is 11.5 Å². The van der Waals surface area contributed by atoms with Crippen LogP contribution in [-0.2, 0) is 48.1 Å². The zero-order chi connectivity index (χ0) is 50.6. The van der Waals surface area contributed by atoms with Crippen molar-refractivity contribution < 1.29 is 25.8 Å². The molecule has 7 heteroatoms. The van der Waals surface area contributed by atoms with Crippen LogP contribution in [0.3, 0.4) is 0 Å². The maximum atomic E-state index is 7.01. The minimum Gasteiger partial charge on any atom is -0.509 e. The van der Waals surface area contributed by atoms with Crippen molar-refractivity contribution in [1.29, 1.82) is 0 Å². The average Bonchev–Trinajstić information content (AvgIpc) is 3.95. The first-order valence-corrected chi connectivity index (χ1v) is 25.5. The number of benzene rings is 6. The van der Waals surface area contributed by atoms with E-state index in [2.05, 4.69) is 232 Å². The van der Waals surface area contributed by atoms with Gasteiger partial charge in [-0.15, -0.1) is 35.2 Å². The zero-order valence-corrected chi connectivity index (χ0v) is 46.9. The number of rotatable bonds is 4. The minimum atomic E-state index is -0.683. The third-order valence-corrected chi connectivity index (χ3v) is 15.6. The largest absolute Gasteiger partial charge is 0.509 e. The van der Waals surface area contributed by atoms with Gasteiger partial charge in [0.2, 0.25) is 0 Å². The number of ether oxygens (including phenoxy) is 1. The van der Waals surface area contributed by atoms with Crippen molar-refractivity contribution in [2.24, 2.45) is 0 Å². The molecule has 6 nitrogen and oxygen atoms in total. The van der Waals surface area contributed by atoms with Crippen LogP contribution in [0.15, 0.2) is 128 Å². The summed E-state index contributed by atoms with van der Waals surface area (Å²) in [6, 6.07) is 48.2. The van der Waals surface area contributed by atoms with E-state index in [9.17, 15) is 0 Å². The molecule has 9 aromatic rings. The van der Waals surface area contributed by atoms with Crippen molar-refractivity contribution in [1.82, 2.24) is 14.5 Å². The number of pyridine rings is 2. The van der Waals surface area contributed by atoms with Crippen LogP contribution in [0.5, 0.6) is 11.5 Å². The summed E-state index contributed by atoms with van der Waals surface area (Å²) >= 11 is 0. The van der Waals surface area contributed by atoms with E-state index in [1.165, 1.54) is 67.0 Å². The predicted molar refractivity (Wildman–Crippen MR) is 298 cm³/mol. The molecule has 0 saturated carbocycles. The second-order valence-corrected chi connectivity index (χ2v) is 24.6. The number of fused-ring (bicyclic) bond motifs is 12. The van der Waals surface area contributed by atoms with E-state index in [4.69, 9.17) is 9.72 Å². The number of hydrogen-bond acceptors (Lipinski definition) is 5. The molecule has 0 radical (unpaired) electrons. The predicted octanol–water partition coefficient (Wildman–Crippen LogP) is 16.5. The molecule has 372 valence electrons. The van der Waals surface area contributed by atoms with E-state index >= 15 is 0 Å². The van der Waals surface area contributed by atoms with E-state index in [1.807, 2.05) is 24.5 Å². The standard InChI is InChI=1S/C66H64N5O.Pt/c1-39-29-58(68-37-49(39)40-19-18-28-67-36-40)71-54-22-16-15-20-45(54)46-26-24-43(34-56(46)71)72-44-25-27-50-57(35-44)70-38-69(14)55-23-17-21-51(61(55)70)66(50)59-47(30-41(62(2,3)4)32-52(59)64(8,9)10)48-31-42(63(5,6)7)33-53(60(48)66)65(11,12)13;/h15-33,36-38H,1-14H3;/q-3;. The van der Waals surface area contributed by atoms with Gasteiger partial charge in [0.05, 0.1) is 0 Å². The first-order valence-electron chi connectivity index (χ1n) is 25.5. The summed E-state index contributed by atoms with van der Waals surface area (Å²) in [5, 5.41) is 2.21. The summed E-state index contributed by atoms with van der Waals surface area (Å²) in [6.07, 6.45) is 5.64. The fourth-order valence-electron chi connectivity index (χ4n) is 12.0. The molecule has 1 spiro atoms. The summed E-state index contributed by atoms with van der Waals surface area (Å²) in [4.78, 5) is 14.1. The average molecular weight is 1140 g/mol. The van der Waals surface area contributed by atoms with Crippen LogP contribution in [0.4, 0.5) is 17.1 Å². The number of para-hydroxylation sites is 2. The molecule has 0 bridgehead atoms. The molecule has 0 unspecified atom stereocenters. The molecular formula is C66H64N5OPt-3. The van der Waals surface area contributed by atoms with Crippen LogP contribution in [0.25, 0.3) is 49.9 Å². The fraction of sp³-hybridized carbons (Fsp3) is 0.288. The summed E-state index contributed by atoms with van der Waals surface area (Å²) in [5.74, 6) is 2.04. The molecule has 0 N–H and O–H groups in total. The van der Waals surface area contributed by atoms with Gasteiger partial charge in [-0.1, -0.05) is 155 Å². The molecule has 3 aromatic heterocycles. The molecule has 0 atom stereocenters. The van der Waals surface area contributed by atoms with E-state index in [-0.39, 0.29) is 42.7 Å². The molecule has 0 fully saturated rings. The van der Waals surface area contributed by atoms with Crippen molar-refractivity contribution >= 4 is 38.9 Å². The van der Waals surface area contributed by atoms with Gasteiger partial charge in [-0.2, -0.15) is 18.8 Å². The van der Waals surface area contributed by atoms with E-state index < -0.39 is 5.41 Å². The Labute approximate surface area is 446 Å². The Bertz CT molecular complexity index is 3640. The van der Waals surface area contributed by atoms with Gasteiger partial charge in [0.15, 0.2) is 0 Å². The Morgan fingerprint density at radius 1 is 0.603 bits per heavy atom. The Hall–Kier alpha value is -6.49.